The van der Waals surface area contributed by atoms with Gasteiger partial charge >= 0.3 is 0 Å². The van der Waals surface area contributed by atoms with Gasteiger partial charge in [0.25, 0.3) is 5.91 Å². The zero-order valence-corrected chi connectivity index (χ0v) is 14.8. The quantitative estimate of drug-likeness (QED) is 0.699. The number of nitrogens with one attached hydrogen (secondary N) is 1. The van der Waals surface area contributed by atoms with Crippen LogP contribution in [0.1, 0.15) is 16.1 Å². The van der Waals surface area contributed by atoms with Crippen molar-refractivity contribution in [1.82, 2.24) is 4.98 Å². The van der Waals surface area contributed by atoms with Crippen LogP contribution in [0.4, 0.5) is 11.4 Å². The second-order valence-electron chi connectivity index (χ2n) is 5.18. The van der Waals surface area contributed by atoms with Crippen molar-refractivity contribution in [2.24, 2.45) is 5.73 Å². The van der Waals surface area contributed by atoms with Crippen molar-refractivity contribution in [3.05, 3.63) is 58.2 Å². The number of nitrogens with two attached hydrogens (primary N) is 1. The Bertz CT molecular complexity index is 1030. The zero-order chi connectivity index (χ0) is 18.0. The Hall–Kier alpha value is -3.11. The summed E-state index contributed by atoms with van der Waals surface area (Å²) in [5.41, 5.74) is 7.08. The molecule has 1 heterocycles. The van der Waals surface area contributed by atoms with Crippen LogP contribution in [-0.2, 0) is 0 Å². The zero-order valence-electron chi connectivity index (χ0n) is 13.2. The first-order valence-corrected chi connectivity index (χ1v) is 8.07. The van der Waals surface area contributed by atoms with Crippen LogP contribution < -0.4 is 15.8 Å². The maximum atomic E-state index is 11.8. The van der Waals surface area contributed by atoms with Gasteiger partial charge in [-0.15, -0.1) is 0 Å². The van der Waals surface area contributed by atoms with E-state index in [1.807, 2.05) is 30.3 Å². The van der Waals surface area contributed by atoms with Gasteiger partial charge in [-0.3, -0.25) is 4.79 Å². The van der Waals surface area contributed by atoms with Gasteiger partial charge in [-0.25, -0.2) is 4.98 Å². The Labute approximate surface area is 152 Å². The number of fused-ring (bicyclic) bond motifs is 1. The number of hydrogen-bond acceptors (Lipinski definition) is 5. The molecule has 6 nitrogen and oxygen atoms in total. The van der Waals surface area contributed by atoms with Gasteiger partial charge in [0.05, 0.1) is 12.8 Å². The van der Waals surface area contributed by atoms with Crippen molar-refractivity contribution in [3.8, 4) is 11.8 Å². The fourth-order valence-corrected chi connectivity index (χ4v) is 2.95. The van der Waals surface area contributed by atoms with Crippen LogP contribution >= 0.6 is 15.9 Å². The Morgan fingerprint density at radius 2 is 2.08 bits per heavy atom. The lowest BCUT2D eigenvalue weighted by atomic mass is 10.0. The maximum absolute atomic E-state index is 11.8. The van der Waals surface area contributed by atoms with E-state index in [4.69, 9.17) is 10.5 Å². The van der Waals surface area contributed by atoms with Crippen LogP contribution in [-0.4, -0.2) is 18.0 Å². The van der Waals surface area contributed by atoms with Crippen LogP contribution in [0.2, 0.25) is 0 Å². The van der Waals surface area contributed by atoms with Gasteiger partial charge < -0.3 is 15.8 Å². The van der Waals surface area contributed by atoms with E-state index in [-0.39, 0.29) is 11.3 Å². The monoisotopic (exact) mass is 396 g/mol. The smallest absolute Gasteiger partial charge is 0.268 e. The lowest BCUT2D eigenvalue weighted by Gasteiger charge is -2.15. The molecule has 0 spiro atoms. The number of methoxy groups -OCH3 is 1. The van der Waals surface area contributed by atoms with Gasteiger partial charge in [-0.1, -0.05) is 34.1 Å². The Kier molecular flexibility index (Phi) is 4.55. The third kappa shape index (κ3) is 3.12. The minimum atomic E-state index is -0.776. The maximum Gasteiger partial charge on any atom is 0.268 e. The van der Waals surface area contributed by atoms with Crippen molar-refractivity contribution in [2.45, 2.75) is 0 Å². The summed E-state index contributed by atoms with van der Waals surface area (Å²) >= 11 is 3.41. The highest BCUT2D eigenvalue weighted by molar-refractivity contribution is 9.10. The summed E-state index contributed by atoms with van der Waals surface area (Å²) in [4.78, 5) is 16.1. The number of carbonyl (C=O) groups is 1. The first-order valence-electron chi connectivity index (χ1n) is 7.28. The number of halogens is 1. The average Bonchev–Trinajstić information content (AvgIpc) is 2.60. The number of aromatic nitrogens is 1. The summed E-state index contributed by atoms with van der Waals surface area (Å²) < 4.78 is 6.20. The Morgan fingerprint density at radius 1 is 1.32 bits per heavy atom. The number of nitriles is 1. The van der Waals surface area contributed by atoms with E-state index >= 15 is 0 Å². The van der Waals surface area contributed by atoms with E-state index in [2.05, 4.69) is 26.2 Å². The van der Waals surface area contributed by atoms with Gasteiger partial charge in [-0.05, 0) is 24.3 Å². The predicted octanol–water partition coefficient (Wildman–Crippen LogP) is 3.72. The number of carbonyl (C=O) groups excluding carboxylic acids is 1. The molecule has 0 aliphatic rings. The number of nitrogens with zero attached hydrogens (tertiary/aromatic N) is 2. The molecule has 2 aromatic carbocycles. The summed E-state index contributed by atoms with van der Waals surface area (Å²) in [6.07, 6.45) is 0. The molecule has 0 aliphatic carbocycles. The lowest BCUT2D eigenvalue weighted by molar-refractivity contribution is 0.0995. The molecular weight excluding hydrogens is 384 g/mol. The van der Waals surface area contributed by atoms with Crippen LogP contribution in [0.15, 0.2) is 46.9 Å². The van der Waals surface area contributed by atoms with E-state index in [0.29, 0.717) is 22.3 Å². The van der Waals surface area contributed by atoms with Crippen molar-refractivity contribution >= 4 is 44.1 Å². The van der Waals surface area contributed by atoms with Gasteiger partial charge in [0.2, 0.25) is 0 Å². The molecule has 7 heteroatoms. The van der Waals surface area contributed by atoms with Crippen LogP contribution in [0.3, 0.4) is 0 Å². The van der Waals surface area contributed by atoms with Gasteiger partial charge in [0.15, 0.2) is 0 Å². The Morgan fingerprint density at radius 3 is 2.72 bits per heavy atom. The molecule has 124 valence electrons. The van der Waals surface area contributed by atoms with Crippen LogP contribution in [0, 0.1) is 11.3 Å². The molecule has 1 amide bonds. The molecule has 0 radical (unpaired) electrons. The molecule has 0 unspecified atom stereocenters. The molecule has 3 aromatic rings. The molecule has 3 N–H and O–H groups in total. The second-order valence-corrected chi connectivity index (χ2v) is 6.09. The highest BCUT2D eigenvalue weighted by Gasteiger charge is 2.20. The SMILES string of the molecule is COc1cccc2c(Nc3cccc(Br)c3)c(C#N)c(C(N)=O)nc12. The number of para-hydroxylation sites is 1. The van der Waals surface area contributed by atoms with Gasteiger partial charge in [0, 0.05) is 15.5 Å². The summed E-state index contributed by atoms with van der Waals surface area (Å²) in [7, 11) is 1.51. The first-order chi connectivity index (χ1) is 12.0. The molecule has 0 bridgehead atoms. The molecule has 3 rings (SSSR count). The normalized spacial score (nSPS) is 10.3. The largest absolute Gasteiger partial charge is 0.494 e. The molecular formula is C18H13BrN4O2. The number of ether oxygens (including phenoxy) is 1. The number of pyridine rings is 1. The topological polar surface area (TPSA) is 101 Å². The highest BCUT2D eigenvalue weighted by atomic mass is 79.9. The van der Waals surface area contributed by atoms with Crippen LogP contribution in [0.5, 0.6) is 5.75 Å². The highest BCUT2D eigenvalue weighted by Crippen LogP contribution is 2.35. The molecule has 0 saturated heterocycles. The summed E-state index contributed by atoms with van der Waals surface area (Å²) in [5, 5.41) is 13.4. The third-order valence-electron chi connectivity index (χ3n) is 3.64. The van der Waals surface area contributed by atoms with Crippen molar-refractivity contribution in [1.29, 1.82) is 5.26 Å². The standard InChI is InChI=1S/C18H13BrN4O2/c1-25-14-7-3-6-12-15(22-11-5-2-4-10(19)8-11)13(9-20)17(18(21)24)23-16(12)14/h2-8H,1H3,(H2,21,24)(H,22,23). The number of anilines is 2. The molecule has 0 saturated carbocycles. The molecule has 0 fully saturated rings. The van der Waals surface area contributed by atoms with Crippen LogP contribution in [0.25, 0.3) is 10.9 Å². The summed E-state index contributed by atoms with van der Waals surface area (Å²) in [5.74, 6) is -0.288. The lowest BCUT2D eigenvalue weighted by Crippen LogP contribution is -2.16. The number of hydrogen-bond donors (Lipinski definition) is 2. The number of amides is 1. The minimum Gasteiger partial charge on any atom is -0.494 e. The molecule has 1 aromatic heterocycles. The number of primary amides is 1. The number of benzene rings is 2. The molecule has 25 heavy (non-hydrogen) atoms. The third-order valence-corrected chi connectivity index (χ3v) is 4.13. The summed E-state index contributed by atoms with van der Waals surface area (Å²) in [6, 6.07) is 14.8. The van der Waals surface area contributed by atoms with E-state index < -0.39 is 5.91 Å². The van der Waals surface area contributed by atoms with Crippen molar-refractivity contribution in [2.75, 3.05) is 12.4 Å². The van der Waals surface area contributed by atoms with E-state index in [1.165, 1.54) is 7.11 Å². The Balaban J connectivity index is 2.34. The second kappa shape index (κ2) is 6.79. The average molecular weight is 397 g/mol. The fraction of sp³-hybridized carbons (Fsp3) is 0.0556. The van der Waals surface area contributed by atoms with E-state index in [0.717, 1.165) is 10.2 Å². The van der Waals surface area contributed by atoms with Crippen molar-refractivity contribution in [3.63, 3.8) is 0 Å². The predicted molar refractivity (Wildman–Crippen MR) is 99.0 cm³/mol. The first kappa shape index (κ1) is 16.7. The van der Waals surface area contributed by atoms with Gasteiger partial charge in [0.1, 0.15) is 28.6 Å². The molecule has 0 atom stereocenters. The van der Waals surface area contributed by atoms with E-state index in [9.17, 15) is 10.1 Å². The van der Waals surface area contributed by atoms with E-state index in [1.54, 1.807) is 18.2 Å². The minimum absolute atomic E-state index is 0.0910. The fourth-order valence-electron chi connectivity index (χ4n) is 2.55. The van der Waals surface area contributed by atoms with Crippen molar-refractivity contribution < 1.29 is 9.53 Å². The summed E-state index contributed by atoms with van der Waals surface area (Å²) in [6.45, 7) is 0. The molecule has 0 aliphatic heterocycles. The van der Waals surface area contributed by atoms with Gasteiger partial charge in [-0.2, -0.15) is 5.26 Å². The number of rotatable bonds is 4.